The summed E-state index contributed by atoms with van der Waals surface area (Å²) < 4.78 is 0. The Morgan fingerprint density at radius 3 is 2.33 bits per heavy atom. The van der Waals surface area contributed by atoms with Gasteiger partial charge in [-0.2, -0.15) is 0 Å². The minimum Gasteiger partial charge on any atom is -0.324 e. The van der Waals surface area contributed by atoms with E-state index in [-0.39, 0.29) is 6.04 Å². The second-order valence-electron chi connectivity index (χ2n) is 4.26. The quantitative estimate of drug-likeness (QED) is 0.917. The molecule has 5 heteroatoms. The minimum absolute atomic E-state index is 0.133. The molecule has 0 saturated heterocycles. The van der Waals surface area contributed by atoms with Gasteiger partial charge in [0.1, 0.15) is 0 Å². The fraction of sp³-hybridized carbons (Fsp3) is 0.308. The van der Waals surface area contributed by atoms with Crippen LogP contribution in [0.2, 0.25) is 10.0 Å². The zero-order valence-corrected chi connectivity index (χ0v) is 12.5. The summed E-state index contributed by atoms with van der Waals surface area (Å²) in [5.74, 6) is 0. The van der Waals surface area contributed by atoms with Crippen LogP contribution in [0.3, 0.4) is 0 Å². The van der Waals surface area contributed by atoms with Gasteiger partial charge in [-0.1, -0.05) is 23.2 Å². The van der Waals surface area contributed by atoms with E-state index in [2.05, 4.69) is 11.9 Å². The molecular weight excluding hydrogens is 287 g/mol. The van der Waals surface area contributed by atoms with Gasteiger partial charge in [-0.15, -0.1) is 11.3 Å². The first-order valence-electron chi connectivity index (χ1n) is 5.60. The van der Waals surface area contributed by atoms with Gasteiger partial charge in [-0.25, -0.2) is 4.98 Å². The first-order valence-corrected chi connectivity index (χ1v) is 7.17. The third-order valence-corrected chi connectivity index (χ3v) is 4.31. The third kappa shape index (κ3) is 3.23. The number of hydrogen-bond donors (Lipinski definition) is 1. The molecule has 1 aromatic heterocycles. The van der Waals surface area contributed by atoms with Crippen LogP contribution in [0.15, 0.2) is 18.2 Å². The number of halogens is 2. The van der Waals surface area contributed by atoms with Crippen LogP contribution in [0.5, 0.6) is 0 Å². The Morgan fingerprint density at radius 2 is 1.83 bits per heavy atom. The number of nitrogens with zero attached hydrogens (tertiary/aromatic N) is 1. The molecule has 1 atom stereocenters. The molecule has 0 aliphatic carbocycles. The molecule has 0 saturated carbocycles. The maximum atomic E-state index is 6.17. The molecule has 0 radical (unpaired) electrons. The van der Waals surface area contributed by atoms with Gasteiger partial charge in [0.15, 0.2) is 0 Å². The fourth-order valence-electron chi connectivity index (χ4n) is 1.72. The highest BCUT2D eigenvalue weighted by Crippen LogP contribution is 2.26. The van der Waals surface area contributed by atoms with Crippen molar-refractivity contribution in [1.29, 1.82) is 0 Å². The molecule has 96 valence electrons. The highest BCUT2D eigenvalue weighted by atomic mass is 35.5. The Labute approximate surface area is 121 Å². The second kappa shape index (κ2) is 5.57. The van der Waals surface area contributed by atoms with Gasteiger partial charge in [-0.05, 0) is 37.6 Å². The summed E-state index contributed by atoms with van der Waals surface area (Å²) in [5, 5.41) is 2.27. The van der Waals surface area contributed by atoms with Crippen LogP contribution in [0.1, 0.15) is 27.2 Å². The summed E-state index contributed by atoms with van der Waals surface area (Å²) in [6, 6.07) is 5.28. The molecule has 0 amide bonds. The van der Waals surface area contributed by atoms with E-state index in [9.17, 15) is 0 Å². The Morgan fingerprint density at radius 1 is 1.22 bits per heavy atom. The molecular formula is C13H14Cl2N2S. The molecule has 1 heterocycles. The molecule has 0 spiro atoms. The molecule has 0 aliphatic heterocycles. The molecule has 2 N–H and O–H groups in total. The minimum atomic E-state index is -0.133. The number of nitrogens with two attached hydrogens (primary N) is 1. The number of benzene rings is 1. The highest BCUT2D eigenvalue weighted by molar-refractivity contribution is 7.11. The normalized spacial score (nSPS) is 12.7. The number of hydrogen-bond acceptors (Lipinski definition) is 3. The predicted molar refractivity (Wildman–Crippen MR) is 78.7 cm³/mol. The van der Waals surface area contributed by atoms with E-state index in [1.165, 1.54) is 4.88 Å². The van der Waals surface area contributed by atoms with E-state index in [1.54, 1.807) is 17.4 Å². The van der Waals surface area contributed by atoms with Crippen LogP contribution < -0.4 is 5.73 Å². The van der Waals surface area contributed by atoms with Crippen LogP contribution in [0.25, 0.3) is 0 Å². The first-order chi connectivity index (χ1) is 8.45. The summed E-state index contributed by atoms with van der Waals surface area (Å²) in [6.07, 6.45) is 0.704. The summed E-state index contributed by atoms with van der Waals surface area (Å²) in [4.78, 5) is 5.73. The van der Waals surface area contributed by atoms with Crippen molar-refractivity contribution in [3.63, 3.8) is 0 Å². The van der Waals surface area contributed by atoms with E-state index in [0.717, 1.165) is 16.3 Å². The maximum Gasteiger partial charge on any atom is 0.0949 e. The van der Waals surface area contributed by atoms with Gasteiger partial charge in [0, 0.05) is 27.4 Å². The van der Waals surface area contributed by atoms with Gasteiger partial charge in [0.05, 0.1) is 10.7 Å². The van der Waals surface area contributed by atoms with Gasteiger partial charge < -0.3 is 5.73 Å². The maximum absolute atomic E-state index is 6.17. The van der Waals surface area contributed by atoms with Crippen LogP contribution >= 0.6 is 34.5 Å². The summed E-state index contributed by atoms with van der Waals surface area (Å²) in [7, 11) is 0. The predicted octanol–water partition coefficient (Wildman–Crippen LogP) is 4.31. The highest BCUT2D eigenvalue weighted by Gasteiger charge is 2.12. The Hall–Kier alpha value is -0.610. The molecule has 2 aromatic rings. The van der Waals surface area contributed by atoms with Gasteiger partial charge in [0.25, 0.3) is 0 Å². The smallest absolute Gasteiger partial charge is 0.0949 e. The number of aromatic nitrogens is 1. The number of rotatable bonds is 3. The van der Waals surface area contributed by atoms with Crippen LogP contribution in [0.4, 0.5) is 0 Å². The molecule has 0 aliphatic rings. The van der Waals surface area contributed by atoms with Gasteiger partial charge in [0.2, 0.25) is 0 Å². The van der Waals surface area contributed by atoms with Crippen LogP contribution in [-0.4, -0.2) is 4.98 Å². The van der Waals surface area contributed by atoms with Crippen molar-refractivity contribution in [3.8, 4) is 0 Å². The van der Waals surface area contributed by atoms with Gasteiger partial charge >= 0.3 is 0 Å². The Balaban J connectivity index is 2.18. The molecule has 0 bridgehead atoms. The van der Waals surface area contributed by atoms with Crippen molar-refractivity contribution >= 4 is 34.5 Å². The molecule has 2 rings (SSSR count). The van der Waals surface area contributed by atoms with Crippen LogP contribution in [0, 0.1) is 13.8 Å². The molecule has 0 fully saturated rings. The van der Waals surface area contributed by atoms with E-state index < -0.39 is 0 Å². The lowest BCUT2D eigenvalue weighted by Crippen LogP contribution is -2.13. The van der Waals surface area contributed by atoms with Gasteiger partial charge in [-0.3, -0.25) is 0 Å². The summed E-state index contributed by atoms with van der Waals surface area (Å²) in [6.45, 7) is 4.08. The van der Waals surface area contributed by atoms with E-state index in [0.29, 0.717) is 16.5 Å². The van der Waals surface area contributed by atoms with Crippen molar-refractivity contribution in [2.75, 3.05) is 0 Å². The summed E-state index contributed by atoms with van der Waals surface area (Å²) in [5.41, 5.74) is 8.19. The average Bonchev–Trinajstić information content (AvgIpc) is 2.56. The Bertz CT molecular complexity index is 526. The topological polar surface area (TPSA) is 38.9 Å². The number of aryl methyl sites for hydroxylation is 2. The molecule has 1 aromatic carbocycles. The third-order valence-electron chi connectivity index (χ3n) is 2.78. The molecule has 18 heavy (non-hydrogen) atoms. The van der Waals surface area contributed by atoms with Crippen molar-refractivity contribution in [2.24, 2.45) is 5.73 Å². The standard InChI is InChI=1S/C13H14Cl2N2S/c1-7-8(2)18-13(17-7)6-12(16)9-3-10(14)5-11(15)4-9/h3-5,12H,6,16H2,1-2H3. The van der Waals surface area contributed by atoms with Crippen LogP contribution in [-0.2, 0) is 6.42 Å². The fourth-order valence-corrected chi connectivity index (χ4v) is 3.26. The average molecular weight is 301 g/mol. The largest absolute Gasteiger partial charge is 0.324 e. The van der Waals surface area contributed by atoms with Crippen molar-refractivity contribution in [2.45, 2.75) is 26.3 Å². The van der Waals surface area contributed by atoms with Crippen molar-refractivity contribution in [1.82, 2.24) is 4.98 Å². The monoisotopic (exact) mass is 300 g/mol. The molecule has 2 nitrogen and oxygen atoms in total. The van der Waals surface area contributed by atoms with E-state index in [4.69, 9.17) is 28.9 Å². The SMILES string of the molecule is Cc1nc(CC(N)c2cc(Cl)cc(Cl)c2)sc1C. The molecule has 1 unspecified atom stereocenters. The van der Waals surface area contributed by atoms with Crippen molar-refractivity contribution < 1.29 is 0 Å². The zero-order valence-electron chi connectivity index (χ0n) is 10.2. The lowest BCUT2D eigenvalue weighted by atomic mass is 10.1. The second-order valence-corrected chi connectivity index (χ2v) is 6.42. The number of thiazole rings is 1. The lowest BCUT2D eigenvalue weighted by Gasteiger charge is -2.11. The van der Waals surface area contributed by atoms with E-state index in [1.807, 2.05) is 19.1 Å². The van der Waals surface area contributed by atoms with E-state index >= 15 is 0 Å². The first kappa shape index (κ1) is 13.8. The summed E-state index contributed by atoms with van der Waals surface area (Å²) >= 11 is 13.6. The zero-order chi connectivity index (χ0) is 13.3. The lowest BCUT2D eigenvalue weighted by molar-refractivity contribution is 0.717. The Kier molecular flexibility index (Phi) is 4.28. The van der Waals surface area contributed by atoms with Crippen molar-refractivity contribution in [3.05, 3.63) is 49.4 Å².